The third-order valence-corrected chi connectivity index (χ3v) is 8.49. The third kappa shape index (κ3) is 5.49. The maximum atomic E-state index is 13.1. The Morgan fingerprint density at radius 1 is 0.973 bits per heavy atom. The van der Waals surface area contributed by atoms with E-state index >= 15 is 0 Å². The highest BCUT2D eigenvalue weighted by Gasteiger charge is 2.32. The maximum Gasteiger partial charge on any atom is 0.264 e. The summed E-state index contributed by atoms with van der Waals surface area (Å²) in [5.74, 6) is -0.0385. The molecule has 37 heavy (non-hydrogen) atoms. The van der Waals surface area contributed by atoms with E-state index in [0.717, 1.165) is 36.0 Å². The summed E-state index contributed by atoms with van der Waals surface area (Å²) in [6.45, 7) is 5.64. The lowest BCUT2D eigenvalue weighted by Gasteiger charge is -2.39. The molecule has 7 nitrogen and oxygen atoms in total. The first-order valence-corrected chi connectivity index (χ1v) is 13.9. The smallest absolute Gasteiger partial charge is 0.264 e. The van der Waals surface area contributed by atoms with E-state index in [4.69, 9.17) is 0 Å². The predicted octanol–water partition coefficient (Wildman–Crippen LogP) is 5.22. The number of hydrogen-bond acceptors (Lipinski definition) is 5. The van der Waals surface area contributed by atoms with Crippen molar-refractivity contribution >= 4 is 32.5 Å². The van der Waals surface area contributed by atoms with Crippen LogP contribution in [0.15, 0.2) is 83.9 Å². The molecule has 0 radical (unpaired) electrons. The zero-order valence-corrected chi connectivity index (χ0v) is 21.8. The van der Waals surface area contributed by atoms with E-state index in [1.807, 2.05) is 36.1 Å². The third-order valence-electron chi connectivity index (χ3n) is 7.08. The first-order valence-electron chi connectivity index (χ1n) is 12.4. The minimum absolute atomic E-state index is 0.0385. The van der Waals surface area contributed by atoms with E-state index in [2.05, 4.69) is 27.7 Å². The first-order chi connectivity index (χ1) is 17.7. The van der Waals surface area contributed by atoms with Crippen LogP contribution in [0.5, 0.6) is 0 Å². The van der Waals surface area contributed by atoms with Gasteiger partial charge in [0.1, 0.15) is 4.90 Å². The van der Waals surface area contributed by atoms with Gasteiger partial charge in [0.25, 0.3) is 15.9 Å². The number of piperidine rings is 1. The van der Waals surface area contributed by atoms with Crippen LogP contribution < -0.4 is 4.72 Å². The van der Waals surface area contributed by atoms with Crippen molar-refractivity contribution in [2.24, 2.45) is 5.41 Å². The molecule has 0 aliphatic carbocycles. The fourth-order valence-corrected chi connectivity index (χ4v) is 6.17. The Kier molecular flexibility index (Phi) is 6.69. The van der Waals surface area contributed by atoms with E-state index in [1.54, 1.807) is 42.6 Å². The number of amides is 1. The normalized spacial score (nSPS) is 15.5. The number of benzene rings is 2. The number of nitrogens with zero attached hydrogens (tertiary/aromatic N) is 3. The van der Waals surface area contributed by atoms with Crippen molar-refractivity contribution in [2.75, 3.05) is 17.8 Å². The lowest BCUT2D eigenvalue weighted by molar-refractivity contribution is 0.0605. The van der Waals surface area contributed by atoms with E-state index in [-0.39, 0.29) is 16.2 Å². The topological polar surface area (TPSA) is 92.3 Å². The standard InChI is InChI=1S/C29H30N4O3S/c1-21-6-3-9-25(31-21)20-29(2)15-18-33(19-16-29)28(34)23-11-13-24(14-12-23)32-37(35,36)26-10-4-7-22-8-5-17-30-27(22)26/h3-14,17,32H,15-16,18-20H2,1-2H3. The quantitative estimate of drug-likeness (QED) is 0.381. The second kappa shape index (κ2) is 9.94. The molecule has 3 heterocycles. The number of likely N-dealkylation sites (tertiary alicyclic amines) is 1. The molecule has 1 fully saturated rings. The summed E-state index contributed by atoms with van der Waals surface area (Å²) in [4.78, 5) is 24.0. The van der Waals surface area contributed by atoms with Crippen LogP contribution in [-0.4, -0.2) is 42.3 Å². The van der Waals surface area contributed by atoms with Gasteiger partial charge in [0.05, 0.1) is 5.52 Å². The van der Waals surface area contributed by atoms with Crippen molar-refractivity contribution in [2.45, 2.75) is 38.0 Å². The molecular weight excluding hydrogens is 484 g/mol. The number of nitrogens with one attached hydrogen (secondary N) is 1. The molecule has 1 N–H and O–H groups in total. The monoisotopic (exact) mass is 514 g/mol. The Labute approximate surface area is 217 Å². The van der Waals surface area contributed by atoms with Gasteiger partial charge in [0.15, 0.2) is 0 Å². The average Bonchev–Trinajstić information content (AvgIpc) is 2.88. The SMILES string of the molecule is Cc1cccc(CC2(C)CCN(C(=O)c3ccc(NS(=O)(=O)c4cccc5cccnc45)cc3)CC2)n1. The van der Waals surface area contributed by atoms with Gasteiger partial charge in [0.2, 0.25) is 0 Å². The van der Waals surface area contributed by atoms with Crippen LogP contribution in [0.25, 0.3) is 10.9 Å². The Hall–Kier alpha value is -3.78. The lowest BCUT2D eigenvalue weighted by Crippen LogP contribution is -2.43. The number of pyridine rings is 2. The van der Waals surface area contributed by atoms with Gasteiger partial charge >= 0.3 is 0 Å². The molecule has 5 rings (SSSR count). The Morgan fingerprint density at radius 3 is 2.41 bits per heavy atom. The molecule has 2 aromatic heterocycles. The molecule has 2 aromatic carbocycles. The van der Waals surface area contributed by atoms with Crippen LogP contribution in [0, 0.1) is 12.3 Å². The zero-order valence-electron chi connectivity index (χ0n) is 21.0. The van der Waals surface area contributed by atoms with Crippen molar-refractivity contribution in [1.29, 1.82) is 0 Å². The van der Waals surface area contributed by atoms with Gasteiger partial charge in [0, 0.05) is 47.3 Å². The first kappa shape index (κ1) is 24.9. The summed E-state index contributed by atoms with van der Waals surface area (Å²) in [5, 5.41) is 0.749. The summed E-state index contributed by atoms with van der Waals surface area (Å²) in [6.07, 6.45) is 4.29. The molecule has 0 unspecified atom stereocenters. The molecule has 190 valence electrons. The zero-order chi connectivity index (χ0) is 26.0. The van der Waals surface area contributed by atoms with Crippen LogP contribution in [0.2, 0.25) is 0 Å². The number of anilines is 1. The number of carbonyl (C=O) groups excluding carboxylic acids is 1. The minimum Gasteiger partial charge on any atom is -0.339 e. The fourth-order valence-electron chi connectivity index (χ4n) is 4.93. The number of sulfonamides is 1. The van der Waals surface area contributed by atoms with Crippen molar-refractivity contribution in [3.8, 4) is 0 Å². The average molecular weight is 515 g/mol. The van der Waals surface area contributed by atoms with Crippen LogP contribution in [-0.2, 0) is 16.4 Å². The molecule has 1 saturated heterocycles. The summed E-state index contributed by atoms with van der Waals surface area (Å²) in [6, 6.07) is 21.4. The number of fused-ring (bicyclic) bond motifs is 1. The predicted molar refractivity (Wildman–Crippen MR) is 145 cm³/mol. The minimum atomic E-state index is -3.85. The van der Waals surface area contributed by atoms with Crippen molar-refractivity contribution in [3.05, 3.63) is 95.9 Å². The van der Waals surface area contributed by atoms with E-state index in [1.165, 1.54) is 6.07 Å². The number of aryl methyl sites for hydroxylation is 1. The lowest BCUT2D eigenvalue weighted by atomic mass is 9.76. The van der Waals surface area contributed by atoms with Crippen molar-refractivity contribution < 1.29 is 13.2 Å². The molecule has 1 aliphatic rings. The number of para-hydroxylation sites is 1. The van der Waals surface area contributed by atoms with Crippen LogP contribution >= 0.6 is 0 Å². The van der Waals surface area contributed by atoms with E-state index < -0.39 is 10.0 Å². The number of rotatable bonds is 6. The van der Waals surface area contributed by atoms with Gasteiger partial charge in [-0.05, 0) is 80.1 Å². The summed E-state index contributed by atoms with van der Waals surface area (Å²) in [7, 11) is -3.85. The fraction of sp³-hybridized carbons (Fsp3) is 0.276. The summed E-state index contributed by atoms with van der Waals surface area (Å²) in [5.41, 5.74) is 3.57. The van der Waals surface area contributed by atoms with Crippen molar-refractivity contribution in [1.82, 2.24) is 14.9 Å². The number of hydrogen-bond donors (Lipinski definition) is 1. The maximum absolute atomic E-state index is 13.1. The molecule has 4 aromatic rings. The Balaban J connectivity index is 1.23. The van der Waals surface area contributed by atoms with E-state index in [9.17, 15) is 13.2 Å². The van der Waals surface area contributed by atoms with Gasteiger partial charge in [-0.3, -0.25) is 19.5 Å². The number of carbonyl (C=O) groups is 1. The second-order valence-electron chi connectivity index (χ2n) is 10.1. The summed E-state index contributed by atoms with van der Waals surface area (Å²) >= 11 is 0. The van der Waals surface area contributed by atoms with Gasteiger partial charge in [-0.25, -0.2) is 8.42 Å². The van der Waals surface area contributed by atoms with Gasteiger partial charge in [-0.1, -0.05) is 31.2 Å². The largest absolute Gasteiger partial charge is 0.339 e. The van der Waals surface area contributed by atoms with Gasteiger partial charge in [-0.2, -0.15) is 0 Å². The number of aromatic nitrogens is 2. The highest BCUT2D eigenvalue weighted by atomic mass is 32.2. The Morgan fingerprint density at radius 2 is 1.68 bits per heavy atom. The molecular formula is C29H30N4O3S. The van der Waals surface area contributed by atoms with Crippen LogP contribution in [0.3, 0.4) is 0 Å². The second-order valence-corrected chi connectivity index (χ2v) is 11.7. The van der Waals surface area contributed by atoms with Gasteiger partial charge < -0.3 is 4.90 Å². The molecule has 1 aliphatic heterocycles. The highest BCUT2D eigenvalue weighted by Crippen LogP contribution is 2.34. The van der Waals surface area contributed by atoms with Crippen LogP contribution in [0.1, 0.15) is 41.5 Å². The Bertz CT molecular complexity index is 1540. The molecule has 0 atom stereocenters. The summed E-state index contributed by atoms with van der Waals surface area (Å²) < 4.78 is 28.7. The van der Waals surface area contributed by atoms with Gasteiger partial charge in [-0.15, -0.1) is 0 Å². The van der Waals surface area contributed by atoms with Crippen molar-refractivity contribution in [3.63, 3.8) is 0 Å². The molecule has 1 amide bonds. The molecule has 0 saturated carbocycles. The molecule has 8 heteroatoms. The molecule has 0 bridgehead atoms. The van der Waals surface area contributed by atoms with Crippen LogP contribution in [0.4, 0.5) is 5.69 Å². The highest BCUT2D eigenvalue weighted by molar-refractivity contribution is 7.93. The van der Waals surface area contributed by atoms with E-state index in [0.29, 0.717) is 29.9 Å². The molecule has 0 spiro atoms.